The van der Waals surface area contributed by atoms with Gasteiger partial charge in [-0.3, -0.25) is 0 Å². The molecule has 0 rings (SSSR count). The summed E-state index contributed by atoms with van der Waals surface area (Å²) in [4.78, 5) is 14.2. The molecule has 0 bridgehead atoms. The number of hydrogen-bond donors (Lipinski definition) is 1. The Bertz CT molecular complexity index is 277. The van der Waals surface area contributed by atoms with Crippen LogP contribution in [0, 0.1) is 0 Å². The minimum absolute atomic E-state index is 0.735. The summed E-state index contributed by atoms with van der Waals surface area (Å²) in [5, 5.41) is 10.1. The molecule has 0 heterocycles. The summed E-state index contributed by atoms with van der Waals surface area (Å²) in [6.07, 6.45) is 0.735. The summed E-state index contributed by atoms with van der Waals surface area (Å²) in [6, 6.07) is 0. The highest BCUT2D eigenvalue weighted by Gasteiger charge is 2.22. The van der Waals surface area contributed by atoms with E-state index in [4.69, 9.17) is 5.11 Å². The second kappa shape index (κ2) is 3.33. The predicted molar refractivity (Wildman–Crippen MR) is 36.9 cm³/mol. The van der Waals surface area contributed by atoms with E-state index in [0.29, 0.717) is 0 Å². The van der Waals surface area contributed by atoms with Crippen molar-refractivity contribution in [3.8, 4) is 0 Å². The molecule has 0 aromatic rings. The maximum absolute atomic E-state index is 10.6. The standard InChI is InChI=1S/C4H7NO5S/c1-10-5-3(4(6)7)11(2,8)9/h1-2H3,(H,6,7). The van der Waals surface area contributed by atoms with Crippen LogP contribution in [-0.2, 0) is 19.5 Å². The van der Waals surface area contributed by atoms with Crippen molar-refractivity contribution in [1.29, 1.82) is 0 Å². The molecule has 0 radical (unpaired) electrons. The minimum atomic E-state index is -3.80. The fraction of sp³-hybridized carbons (Fsp3) is 0.500. The van der Waals surface area contributed by atoms with Crippen LogP contribution < -0.4 is 0 Å². The molecule has 0 aliphatic rings. The van der Waals surface area contributed by atoms with Crippen molar-refractivity contribution in [3.05, 3.63) is 0 Å². The van der Waals surface area contributed by atoms with Crippen molar-refractivity contribution in [2.75, 3.05) is 13.4 Å². The van der Waals surface area contributed by atoms with E-state index in [1.54, 1.807) is 0 Å². The molecule has 0 saturated heterocycles. The third kappa shape index (κ3) is 2.99. The average Bonchev–Trinajstić information content (AvgIpc) is 1.79. The molecule has 1 N–H and O–H groups in total. The Balaban J connectivity index is 4.95. The van der Waals surface area contributed by atoms with Gasteiger partial charge in [-0.2, -0.15) is 0 Å². The van der Waals surface area contributed by atoms with Gasteiger partial charge in [-0.05, 0) is 0 Å². The molecule has 0 fully saturated rings. The molecule has 11 heavy (non-hydrogen) atoms. The smallest absolute Gasteiger partial charge is 0.369 e. The Morgan fingerprint density at radius 1 is 1.55 bits per heavy atom. The highest BCUT2D eigenvalue weighted by Crippen LogP contribution is 1.90. The first-order chi connectivity index (χ1) is 4.89. The number of carbonyl (C=O) groups is 1. The van der Waals surface area contributed by atoms with Gasteiger partial charge in [0, 0.05) is 6.26 Å². The van der Waals surface area contributed by atoms with Gasteiger partial charge in [0.25, 0.3) is 5.04 Å². The quantitative estimate of drug-likeness (QED) is 0.320. The molecule has 0 aliphatic heterocycles. The number of carboxylic acids is 1. The summed E-state index contributed by atoms with van der Waals surface area (Å²) >= 11 is 0. The Hall–Kier alpha value is -1.11. The van der Waals surface area contributed by atoms with Crippen molar-refractivity contribution in [3.63, 3.8) is 0 Å². The van der Waals surface area contributed by atoms with E-state index in [2.05, 4.69) is 9.99 Å². The fourth-order valence-electron chi connectivity index (χ4n) is 0.348. The molecule has 0 aromatic carbocycles. The number of aliphatic carboxylic acids is 1. The van der Waals surface area contributed by atoms with Crippen LogP contribution in [0.25, 0.3) is 0 Å². The summed E-state index contributed by atoms with van der Waals surface area (Å²) in [6.45, 7) is 0. The number of hydrogen-bond acceptors (Lipinski definition) is 5. The number of nitrogens with zero attached hydrogens (tertiary/aromatic N) is 1. The van der Waals surface area contributed by atoms with Crippen LogP contribution in [0.3, 0.4) is 0 Å². The lowest BCUT2D eigenvalue weighted by Gasteiger charge is -1.94. The topological polar surface area (TPSA) is 93.0 Å². The second-order valence-electron chi connectivity index (χ2n) is 1.66. The molecular formula is C4H7NO5S. The zero-order chi connectivity index (χ0) is 9.07. The summed E-state index contributed by atoms with van der Waals surface area (Å²) in [5.74, 6) is -1.63. The largest absolute Gasteiger partial charge is 0.476 e. The zero-order valence-electron chi connectivity index (χ0n) is 5.94. The maximum Gasteiger partial charge on any atom is 0.369 e. The molecule has 0 saturated carbocycles. The molecular weight excluding hydrogens is 174 g/mol. The molecule has 6 nitrogen and oxygen atoms in total. The van der Waals surface area contributed by atoms with E-state index in [9.17, 15) is 13.2 Å². The van der Waals surface area contributed by atoms with Crippen LogP contribution in [0.5, 0.6) is 0 Å². The zero-order valence-corrected chi connectivity index (χ0v) is 6.75. The first kappa shape index (κ1) is 9.89. The lowest BCUT2D eigenvalue weighted by atomic mass is 10.8. The van der Waals surface area contributed by atoms with Gasteiger partial charge in [0.2, 0.25) is 9.84 Å². The molecule has 0 atom stereocenters. The van der Waals surface area contributed by atoms with Gasteiger partial charge in [-0.25, -0.2) is 13.2 Å². The molecule has 0 aromatic heterocycles. The monoisotopic (exact) mass is 181 g/mol. The number of carboxylic acid groups (broad SMARTS) is 1. The van der Waals surface area contributed by atoms with Crippen LogP contribution in [0.4, 0.5) is 0 Å². The number of oxime groups is 1. The Morgan fingerprint density at radius 2 is 2.00 bits per heavy atom. The van der Waals surface area contributed by atoms with Gasteiger partial charge in [-0.1, -0.05) is 5.16 Å². The van der Waals surface area contributed by atoms with Crippen molar-refractivity contribution in [1.82, 2.24) is 0 Å². The van der Waals surface area contributed by atoms with E-state index in [0.717, 1.165) is 13.4 Å². The van der Waals surface area contributed by atoms with Crippen LogP contribution >= 0.6 is 0 Å². The molecule has 64 valence electrons. The summed E-state index contributed by atoms with van der Waals surface area (Å²) in [5.41, 5.74) is 0. The molecule has 7 heteroatoms. The molecule has 0 amide bonds. The third-order valence-corrected chi connectivity index (χ3v) is 1.66. The lowest BCUT2D eigenvalue weighted by Crippen LogP contribution is -2.23. The summed E-state index contributed by atoms with van der Waals surface area (Å²) < 4.78 is 21.1. The first-order valence-corrected chi connectivity index (χ1v) is 4.33. The lowest BCUT2D eigenvalue weighted by molar-refractivity contribution is -0.129. The summed E-state index contributed by atoms with van der Waals surface area (Å²) in [7, 11) is -2.74. The highest BCUT2D eigenvalue weighted by molar-refractivity contribution is 8.07. The first-order valence-electron chi connectivity index (χ1n) is 2.44. The van der Waals surface area contributed by atoms with E-state index < -0.39 is 20.9 Å². The predicted octanol–water partition coefficient (Wildman–Crippen LogP) is -0.924. The Labute approximate surface area is 63.4 Å². The van der Waals surface area contributed by atoms with Crippen LogP contribution in [0.1, 0.15) is 0 Å². The Kier molecular flexibility index (Phi) is 2.99. The van der Waals surface area contributed by atoms with Crippen molar-refractivity contribution in [2.45, 2.75) is 0 Å². The molecule has 0 aliphatic carbocycles. The van der Waals surface area contributed by atoms with Crippen molar-refractivity contribution >= 4 is 20.9 Å². The number of rotatable bonds is 1. The van der Waals surface area contributed by atoms with E-state index >= 15 is 0 Å². The van der Waals surface area contributed by atoms with Crippen LogP contribution in [-0.4, -0.2) is 37.9 Å². The molecule has 0 unspecified atom stereocenters. The SMILES string of the molecule is CON=C(C(=O)O)S(C)(=O)=O. The molecule has 0 spiro atoms. The van der Waals surface area contributed by atoms with Gasteiger partial charge in [-0.15, -0.1) is 0 Å². The highest BCUT2D eigenvalue weighted by atomic mass is 32.2. The van der Waals surface area contributed by atoms with Gasteiger partial charge in [0.05, 0.1) is 0 Å². The minimum Gasteiger partial charge on any atom is -0.476 e. The van der Waals surface area contributed by atoms with Crippen molar-refractivity contribution < 1.29 is 23.2 Å². The van der Waals surface area contributed by atoms with E-state index in [-0.39, 0.29) is 0 Å². The van der Waals surface area contributed by atoms with Crippen LogP contribution in [0.2, 0.25) is 0 Å². The fourth-order valence-corrected chi connectivity index (χ4v) is 0.875. The van der Waals surface area contributed by atoms with E-state index in [1.165, 1.54) is 0 Å². The van der Waals surface area contributed by atoms with Gasteiger partial charge >= 0.3 is 5.97 Å². The maximum atomic E-state index is 10.6. The third-order valence-electron chi connectivity index (χ3n) is 0.708. The van der Waals surface area contributed by atoms with Crippen LogP contribution in [0.15, 0.2) is 5.16 Å². The second-order valence-corrected chi connectivity index (χ2v) is 3.59. The van der Waals surface area contributed by atoms with Gasteiger partial charge in [0.15, 0.2) is 0 Å². The van der Waals surface area contributed by atoms with E-state index in [1.807, 2.05) is 0 Å². The van der Waals surface area contributed by atoms with Gasteiger partial charge < -0.3 is 9.94 Å². The Morgan fingerprint density at radius 3 is 2.09 bits per heavy atom. The van der Waals surface area contributed by atoms with Crippen molar-refractivity contribution in [2.24, 2.45) is 5.16 Å². The normalized spacial score (nSPS) is 12.7. The van der Waals surface area contributed by atoms with Gasteiger partial charge in [0.1, 0.15) is 7.11 Å². The number of sulfone groups is 1. The average molecular weight is 181 g/mol.